The topological polar surface area (TPSA) is 151 Å². The summed E-state index contributed by atoms with van der Waals surface area (Å²) in [6, 6.07) is 8.69. The van der Waals surface area contributed by atoms with Crippen LogP contribution in [0.2, 0.25) is 0 Å². The molecule has 5 N–H and O–H groups in total. The summed E-state index contributed by atoms with van der Waals surface area (Å²) in [4.78, 5) is 16.5. The molecule has 39 heavy (non-hydrogen) atoms. The number of aromatic nitrogens is 2. The number of halogens is 1. The Labute approximate surface area is 226 Å². The van der Waals surface area contributed by atoms with Gasteiger partial charge in [-0.2, -0.15) is 13.6 Å². The second kappa shape index (κ2) is 10.5. The van der Waals surface area contributed by atoms with Crippen LogP contribution in [0.5, 0.6) is 11.5 Å². The van der Waals surface area contributed by atoms with Crippen molar-refractivity contribution in [1.82, 2.24) is 9.38 Å². The van der Waals surface area contributed by atoms with Crippen LogP contribution >= 0.6 is 0 Å². The largest absolute Gasteiger partial charge is 0.483 e. The number of nitrogens with two attached hydrogens (primary N) is 2. The number of amides is 1. The van der Waals surface area contributed by atoms with Crippen LogP contribution < -0.4 is 25.1 Å². The zero-order chi connectivity index (χ0) is 28.6. The van der Waals surface area contributed by atoms with Crippen molar-refractivity contribution in [2.24, 2.45) is 10.9 Å². The minimum Gasteiger partial charge on any atom is -0.483 e. The first-order valence-electron chi connectivity index (χ1n) is 12.1. The Balaban J connectivity index is 2.11. The van der Waals surface area contributed by atoms with Crippen LogP contribution in [0.25, 0.3) is 16.9 Å². The van der Waals surface area contributed by atoms with E-state index in [4.69, 9.17) is 24.8 Å². The van der Waals surface area contributed by atoms with Gasteiger partial charge in [-0.3, -0.25) is 9.20 Å². The molecule has 4 aromatic rings. The molecule has 0 spiro atoms. The fraction of sp³-hybridized carbons (Fsp3) is 0.259. The van der Waals surface area contributed by atoms with Crippen LogP contribution in [0.1, 0.15) is 34.7 Å². The van der Waals surface area contributed by atoms with E-state index in [1.807, 2.05) is 39.0 Å². The van der Waals surface area contributed by atoms with Gasteiger partial charge in [0.2, 0.25) is 0 Å². The Bertz CT molecular complexity index is 1700. The number of hydrogen-bond acceptors (Lipinski definition) is 7. The first-order valence-corrected chi connectivity index (χ1v) is 13.6. The lowest BCUT2D eigenvalue weighted by Gasteiger charge is -2.23. The van der Waals surface area contributed by atoms with Crippen LogP contribution in [-0.2, 0) is 21.5 Å². The molecule has 0 unspecified atom stereocenters. The Morgan fingerprint density at radius 1 is 1.08 bits per heavy atom. The fourth-order valence-corrected chi connectivity index (χ4v) is 5.22. The van der Waals surface area contributed by atoms with E-state index in [0.29, 0.717) is 40.3 Å². The molecule has 0 aliphatic carbocycles. The van der Waals surface area contributed by atoms with Crippen LogP contribution in [0.3, 0.4) is 0 Å². The van der Waals surface area contributed by atoms with Gasteiger partial charge in [-0.05, 0) is 68.5 Å². The van der Waals surface area contributed by atoms with Crippen molar-refractivity contribution in [2.75, 3.05) is 11.9 Å². The van der Waals surface area contributed by atoms with E-state index in [9.17, 15) is 17.6 Å². The van der Waals surface area contributed by atoms with E-state index in [-0.39, 0.29) is 17.1 Å². The molecule has 0 aliphatic rings. The average Bonchev–Trinajstić information content (AvgIpc) is 3.19. The number of carbonyl (C=O) groups excluding carboxylic acids is 1. The number of aryl methyl sites for hydroxylation is 2. The van der Waals surface area contributed by atoms with Gasteiger partial charge in [0.15, 0.2) is 12.4 Å². The number of benzene rings is 2. The van der Waals surface area contributed by atoms with Crippen molar-refractivity contribution in [3.63, 3.8) is 0 Å². The molecule has 2 aromatic heterocycles. The predicted molar refractivity (Wildman–Crippen MR) is 147 cm³/mol. The number of rotatable bonds is 9. The third-order valence-corrected chi connectivity index (χ3v) is 6.86. The second-order valence-electron chi connectivity index (χ2n) is 9.22. The highest BCUT2D eigenvalue weighted by atomic mass is 32.2. The van der Waals surface area contributed by atoms with Gasteiger partial charge in [0.05, 0.1) is 5.56 Å². The van der Waals surface area contributed by atoms with Crippen molar-refractivity contribution in [2.45, 2.75) is 41.0 Å². The molecule has 1 amide bonds. The van der Waals surface area contributed by atoms with Gasteiger partial charge in [-0.25, -0.2) is 9.37 Å². The van der Waals surface area contributed by atoms with Crippen LogP contribution in [0.4, 0.5) is 15.9 Å². The Morgan fingerprint density at radius 2 is 1.74 bits per heavy atom. The zero-order valence-corrected chi connectivity index (χ0v) is 23.1. The van der Waals surface area contributed by atoms with E-state index in [1.165, 1.54) is 12.3 Å². The number of carbonyl (C=O) groups is 1. The van der Waals surface area contributed by atoms with E-state index >= 15 is 0 Å². The highest BCUT2D eigenvalue weighted by Gasteiger charge is 2.29. The minimum atomic E-state index is -4.38. The number of imidazole rings is 1. The summed E-state index contributed by atoms with van der Waals surface area (Å²) in [6.07, 6.45) is 1.72. The molecule has 0 aliphatic heterocycles. The number of ether oxygens (including phenoxy) is 1. The summed E-state index contributed by atoms with van der Waals surface area (Å²) < 4.78 is 50.8. The quantitative estimate of drug-likeness (QED) is 0.281. The first kappa shape index (κ1) is 27.9. The number of nitrogens with zero attached hydrogens (tertiary/aromatic N) is 2. The molecule has 0 saturated carbocycles. The molecular weight excluding hydrogens is 525 g/mol. The maximum Gasteiger partial charge on any atom is 0.380 e. The van der Waals surface area contributed by atoms with E-state index in [2.05, 4.69) is 5.32 Å². The van der Waals surface area contributed by atoms with Gasteiger partial charge < -0.3 is 20.0 Å². The van der Waals surface area contributed by atoms with Crippen LogP contribution in [-0.4, -0.2) is 30.3 Å². The van der Waals surface area contributed by atoms with E-state index in [1.54, 1.807) is 24.3 Å². The SMILES string of the molecule is CCc1c(C)c(OS(N)(=O)=O)c(C)c(OCC(N)=O)c1-c1nc2ccc(F)cn2c1Nc1c(C)cccc1C. The number of hydrogen-bond donors (Lipinski definition) is 3. The van der Waals surface area contributed by atoms with E-state index in [0.717, 1.165) is 16.8 Å². The summed E-state index contributed by atoms with van der Waals surface area (Å²) in [5.74, 6) is -0.639. The van der Waals surface area contributed by atoms with Crippen molar-refractivity contribution < 1.29 is 26.5 Å². The lowest BCUT2D eigenvalue weighted by atomic mass is 9.92. The van der Waals surface area contributed by atoms with Crippen LogP contribution in [0.15, 0.2) is 36.5 Å². The van der Waals surface area contributed by atoms with Gasteiger partial charge in [-0.1, -0.05) is 25.1 Å². The van der Waals surface area contributed by atoms with Crippen molar-refractivity contribution in [3.05, 3.63) is 70.2 Å². The summed E-state index contributed by atoms with van der Waals surface area (Å²) in [6.45, 7) is 8.56. The van der Waals surface area contributed by atoms with Gasteiger partial charge in [0.1, 0.15) is 28.7 Å². The molecule has 0 atom stereocenters. The average molecular weight is 556 g/mol. The standard InChI is InChI=1S/C27H30FN5O5S/c1-6-19-16(4)25(38-39(30,35)36)17(5)26(37-13-20(29)34)22(19)24-27(32-23-14(2)8-7-9-15(23)3)33-12-18(28)10-11-21(33)31-24/h7-12,32H,6,13H2,1-5H3,(H2,29,34)(H2,30,35,36). The molecule has 10 nitrogen and oxygen atoms in total. The number of nitrogens with one attached hydrogen (secondary N) is 1. The molecule has 4 rings (SSSR count). The Hall–Kier alpha value is -4.16. The van der Waals surface area contributed by atoms with Crippen molar-refractivity contribution in [1.29, 1.82) is 0 Å². The molecule has 206 valence electrons. The predicted octanol–water partition coefficient (Wildman–Crippen LogP) is 4.13. The van der Waals surface area contributed by atoms with Gasteiger partial charge in [-0.15, -0.1) is 0 Å². The minimum absolute atomic E-state index is 0.0170. The third kappa shape index (κ3) is 5.52. The maximum absolute atomic E-state index is 14.5. The Kier molecular flexibility index (Phi) is 7.53. The monoisotopic (exact) mass is 555 g/mol. The third-order valence-electron chi connectivity index (χ3n) is 6.46. The molecule has 2 aromatic carbocycles. The summed E-state index contributed by atoms with van der Waals surface area (Å²) in [5.41, 5.74) is 10.8. The zero-order valence-electron chi connectivity index (χ0n) is 22.3. The number of pyridine rings is 1. The van der Waals surface area contributed by atoms with Crippen LogP contribution in [0, 0.1) is 33.5 Å². The number of fused-ring (bicyclic) bond motifs is 1. The molecule has 0 fully saturated rings. The summed E-state index contributed by atoms with van der Waals surface area (Å²) in [7, 11) is -4.38. The number of anilines is 2. The molecule has 0 saturated heterocycles. The van der Waals surface area contributed by atoms with Crippen molar-refractivity contribution >= 4 is 33.4 Å². The molecular formula is C27H30FN5O5S. The lowest BCUT2D eigenvalue weighted by molar-refractivity contribution is -0.119. The van der Waals surface area contributed by atoms with Gasteiger partial charge >= 0.3 is 10.3 Å². The fourth-order valence-electron chi connectivity index (χ4n) is 4.73. The summed E-state index contributed by atoms with van der Waals surface area (Å²) in [5, 5.41) is 8.63. The molecule has 2 heterocycles. The Morgan fingerprint density at radius 3 is 2.33 bits per heavy atom. The maximum atomic E-state index is 14.5. The second-order valence-corrected chi connectivity index (χ2v) is 10.4. The smallest absolute Gasteiger partial charge is 0.380 e. The normalized spacial score (nSPS) is 11.6. The first-order chi connectivity index (χ1) is 18.3. The highest BCUT2D eigenvalue weighted by molar-refractivity contribution is 7.84. The highest BCUT2D eigenvalue weighted by Crippen LogP contribution is 2.47. The molecule has 0 radical (unpaired) electrons. The van der Waals surface area contributed by atoms with Gasteiger partial charge in [0, 0.05) is 17.4 Å². The van der Waals surface area contributed by atoms with Gasteiger partial charge in [0.25, 0.3) is 5.91 Å². The number of primary amides is 1. The summed E-state index contributed by atoms with van der Waals surface area (Å²) >= 11 is 0. The lowest BCUT2D eigenvalue weighted by Crippen LogP contribution is -2.22. The molecule has 0 bridgehead atoms. The molecule has 12 heteroatoms. The number of para-hydroxylation sites is 1. The van der Waals surface area contributed by atoms with Crippen molar-refractivity contribution in [3.8, 4) is 22.8 Å². The van der Waals surface area contributed by atoms with E-state index < -0.39 is 28.6 Å².